The van der Waals surface area contributed by atoms with Crippen LogP contribution in [0.25, 0.3) is 67.5 Å². The summed E-state index contributed by atoms with van der Waals surface area (Å²) in [6.07, 6.45) is 4.99. The van der Waals surface area contributed by atoms with Crippen LogP contribution in [0.4, 0.5) is 0 Å². The Hall–Kier alpha value is -6.22. The minimum atomic E-state index is -2.32. The first kappa shape index (κ1) is 37.1. The molecular formula is C54H46N3OP. The lowest BCUT2D eigenvalue weighted by Gasteiger charge is -2.39. The van der Waals surface area contributed by atoms with Gasteiger partial charge in [-0.25, -0.2) is 15.0 Å². The van der Waals surface area contributed by atoms with Crippen molar-refractivity contribution < 1.29 is 4.57 Å². The average Bonchev–Trinajstić information content (AvgIpc) is 3.93. The molecule has 3 unspecified atom stereocenters. The number of nitrogens with zero attached hydrogens (tertiary/aromatic N) is 3. The number of benzene rings is 7. The summed E-state index contributed by atoms with van der Waals surface area (Å²) in [4.78, 5) is 15.5. The molecule has 1 heterocycles. The Kier molecular flexibility index (Phi) is 9.54. The molecule has 2 bridgehead atoms. The molecule has 2 saturated carbocycles. The fraction of sp³-hybridized carbons (Fsp3) is 0.167. The third-order valence-corrected chi connectivity index (χ3v) is 14.4. The Morgan fingerprint density at radius 2 is 0.966 bits per heavy atom. The molecule has 2 aliphatic rings. The molecule has 2 fully saturated rings. The van der Waals surface area contributed by atoms with Gasteiger partial charge in [-0.2, -0.15) is 0 Å². The summed E-state index contributed by atoms with van der Waals surface area (Å²) in [6.45, 7) is 3.67. The minimum absolute atomic E-state index is 0.0650. The van der Waals surface area contributed by atoms with Gasteiger partial charge in [-0.15, -0.1) is 0 Å². The second-order valence-corrected chi connectivity index (χ2v) is 20.0. The Balaban J connectivity index is 1.05. The normalized spacial score (nSPS) is 18.5. The second-order valence-electron chi connectivity index (χ2n) is 16.8. The molecule has 2 aliphatic carbocycles. The van der Waals surface area contributed by atoms with Gasteiger partial charge in [0.2, 0.25) is 0 Å². The van der Waals surface area contributed by atoms with Crippen LogP contribution in [0.2, 0.25) is 0 Å². The lowest BCUT2D eigenvalue weighted by Crippen LogP contribution is -2.34. The molecular weight excluding hydrogens is 738 g/mol. The molecule has 4 nitrogen and oxygen atoms in total. The van der Waals surface area contributed by atoms with E-state index in [2.05, 4.69) is 158 Å². The van der Waals surface area contributed by atoms with Gasteiger partial charge in [-0.1, -0.05) is 188 Å². The largest absolute Gasteiger partial charge is 0.319 e. The Labute approximate surface area is 347 Å². The van der Waals surface area contributed by atoms with Crippen LogP contribution in [-0.2, 0) is 9.98 Å². The highest BCUT2D eigenvalue weighted by molar-refractivity contribution is 7.70. The van der Waals surface area contributed by atoms with Crippen molar-refractivity contribution in [3.8, 4) is 67.5 Å². The lowest BCUT2D eigenvalue weighted by molar-refractivity contribution is 0.320. The minimum Gasteiger partial charge on any atom is -0.319 e. The van der Waals surface area contributed by atoms with Crippen LogP contribution in [0.3, 0.4) is 0 Å². The van der Waals surface area contributed by atoms with E-state index in [1.807, 2.05) is 37.6 Å². The molecule has 0 aliphatic heterocycles. The van der Waals surface area contributed by atoms with Gasteiger partial charge in [0.1, 0.15) is 7.14 Å². The maximum atomic E-state index is 12.8. The van der Waals surface area contributed by atoms with Crippen LogP contribution in [0, 0.1) is 11.8 Å². The van der Waals surface area contributed by atoms with Gasteiger partial charge in [-0.3, -0.25) is 0 Å². The molecule has 288 valence electrons. The van der Waals surface area contributed by atoms with Crippen molar-refractivity contribution >= 4 is 12.4 Å². The molecule has 3 atom stereocenters. The zero-order chi connectivity index (χ0) is 40.0. The third kappa shape index (κ3) is 7.06. The van der Waals surface area contributed by atoms with Crippen molar-refractivity contribution in [3.05, 3.63) is 193 Å². The average molecular weight is 784 g/mol. The van der Waals surface area contributed by atoms with Crippen LogP contribution in [-0.4, -0.2) is 28.3 Å². The van der Waals surface area contributed by atoms with E-state index in [1.54, 1.807) is 0 Å². The lowest BCUT2D eigenvalue weighted by atomic mass is 9.64. The first-order chi connectivity index (χ1) is 28.8. The number of fused-ring (bicyclic) bond motifs is 2. The van der Waals surface area contributed by atoms with Crippen molar-refractivity contribution in [1.82, 2.24) is 15.0 Å². The molecule has 59 heavy (non-hydrogen) atoms. The predicted molar refractivity (Wildman–Crippen MR) is 244 cm³/mol. The van der Waals surface area contributed by atoms with E-state index < -0.39 is 7.14 Å². The van der Waals surface area contributed by atoms with E-state index in [1.165, 1.54) is 41.5 Å². The van der Waals surface area contributed by atoms with E-state index in [0.29, 0.717) is 23.4 Å². The molecule has 0 radical (unpaired) electrons. The van der Waals surface area contributed by atoms with Crippen LogP contribution in [0.5, 0.6) is 0 Å². The summed E-state index contributed by atoms with van der Waals surface area (Å²) in [6, 6.07) is 64.5. The first-order valence-electron chi connectivity index (χ1n) is 20.8. The molecule has 5 heteroatoms. The van der Waals surface area contributed by atoms with Gasteiger partial charge in [0.25, 0.3) is 0 Å². The molecule has 0 N–H and O–H groups in total. The topological polar surface area (TPSA) is 55.7 Å². The summed E-state index contributed by atoms with van der Waals surface area (Å²) < 4.78 is 12.8. The monoisotopic (exact) mass is 783 g/mol. The highest BCUT2D eigenvalue weighted by Crippen LogP contribution is 2.60. The van der Waals surface area contributed by atoms with Crippen LogP contribution in [0.15, 0.2) is 182 Å². The second kappa shape index (κ2) is 15.2. The number of hydrogen-bond acceptors (Lipinski definition) is 4. The smallest absolute Gasteiger partial charge is 0.164 e. The van der Waals surface area contributed by atoms with Crippen molar-refractivity contribution in [1.29, 1.82) is 0 Å². The standard InChI is InChI=1S/C54H46N3OP/c1-59(2,58)48-32-27-40(28-33-48)44-16-11-17-46(35-44)54(36-37-20-29-47(54)34-37)45-30-25-43(26-31-45)52-55-51(42-23-21-39(22-24-42)38-12-5-3-6-13-38)56-53(57-52)50-19-10-9-18-49(50)41-14-7-4-8-15-41/h3-19,21-28,30-33,35,37,47H,20,29,34,36H2,1-2H3. The third-order valence-electron chi connectivity index (χ3n) is 12.8. The predicted octanol–water partition coefficient (Wildman–Crippen LogP) is 13.2. The number of aromatic nitrogens is 3. The van der Waals surface area contributed by atoms with Gasteiger partial charge < -0.3 is 4.57 Å². The Morgan fingerprint density at radius 3 is 1.58 bits per heavy atom. The highest BCUT2D eigenvalue weighted by atomic mass is 31.2. The van der Waals surface area contributed by atoms with E-state index in [-0.39, 0.29) is 5.41 Å². The quantitative estimate of drug-likeness (QED) is 0.137. The summed E-state index contributed by atoms with van der Waals surface area (Å²) in [5, 5.41) is 0.917. The van der Waals surface area contributed by atoms with Crippen LogP contribution < -0.4 is 5.30 Å². The van der Waals surface area contributed by atoms with Crippen LogP contribution in [0.1, 0.15) is 36.8 Å². The van der Waals surface area contributed by atoms with Crippen molar-refractivity contribution in [3.63, 3.8) is 0 Å². The first-order valence-corrected chi connectivity index (χ1v) is 23.4. The van der Waals surface area contributed by atoms with E-state index in [9.17, 15) is 4.57 Å². The molecule has 7 aromatic carbocycles. The van der Waals surface area contributed by atoms with Crippen molar-refractivity contribution in [2.45, 2.75) is 31.1 Å². The molecule has 0 amide bonds. The molecule has 0 spiro atoms. The van der Waals surface area contributed by atoms with Gasteiger partial charge in [0.15, 0.2) is 17.5 Å². The number of hydrogen-bond donors (Lipinski definition) is 0. The summed E-state index contributed by atoms with van der Waals surface area (Å²) in [5.74, 6) is 3.27. The summed E-state index contributed by atoms with van der Waals surface area (Å²) >= 11 is 0. The zero-order valence-electron chi connectivity index (χ0n) is 33.5. The van der Waals surface area contributed by atoms with E-state index in [0.717, 1.165) is 56.6 Å². The Morgan fingerprint density at radius 1 is 0.458 bits per heavy atom. The maximum Gasteiger partial charge on any atom is 0.164 e. The van der Waals surface area contributed by atoms with Crippen molar-refractivity contribution in [2.75, 3.05) is 13.3 Å². The maximum absolute atomic E-state index is 12.8. The fourth-order valence-corrected chi connectivity index (χ4v) is 10.7. The summed E-state index contributed by atoms with van der Waals surface area (Å²) in [5.41, 5.74) is 12.4. The zero-order valence-corrected chi connectivity index (χ0v) is 34.4. The SMILES string of the molecule is CP(C)(=O)c1ccc(-c2cccc(C3(c4ccc(-c5nc(-c6ccc(-c7ccccc7)cc6)nc(-c6ccccc6-c6ccccc6)n5)cc4)CC4CCC3C4)c2)cc1. The highest BCUT2D eigenvalue weighted by Gasteiger charge is 2.52. The fourth-order valence-electron chi connectivity index (χ4n) is 9.85. The van der Waals surface area contributed by atoms with E-state index >= 15 is 0 Å². The molecule has 1 aromatic heterocycles. The molecule has 8 aromatic rings. The molecule has 0 saturated heterocycles. The van der Waals surface area contributed by atoms with E-state index in [4.69, 9.17) is 15.0 Å². The molecule has 10 rings (SSSR count). The van der Waals surface area contributed by atoms with Gasteiger partial charge in [0, 0.05) is 27.4 Å². The summed E-state index contributed by atoms with van der Waals surface area (Å²) in [7, 11) is -2.32. The Bertz CT molecular complexity index is 2820. The number of rotatable bonds is 9. The van der Waals surface area contributed by atoms with Crippen LogP contribution >= 0.6 is 7.14 Å². The van der Waals surface area contributed by atoms with Gasteiger partial charge >= 0.3 is 0 Å². The van der Waals surface area contributed by atoms with Gasteiger partial charge in [0.05, 0.1) is 0 Å². The van der Waals surface area contributed by atoms with Gasteiger partial charge in [-0.05, 0) is 88.9 Å². The van der Waals surface area contributed by atoms with Crippen molar-refractivity contribution in [2.24, 2.45) is 11.8 Å².